The Bertz CT molecular complexity index is 930. The number of hydrogen-bond acceptors (Lipinski definition) is 5. The first kappa shape index (κ1) is 19.3. The first-order valence-electron chi connectivity index (χ1n) is 8.84. The number of aromatic hydroxyl groups is 1. The van der Waals surface area contributed by atoms with Gasteiger partial charge in [0.15, 0.2) is 5.78 Å². The van der Waals surface area contributed by atoms with Gasteiger partial charge in [-0.25, -0.2) is 0 Å². The van der Waals surface area contributed by atoms with E-state index in [1.54, 1.807) is 38.5 Å². The summed E-state index contributed by atoms with van der Waals surface area (Å²) >= 11 is 0. The lowest BCUT2D eigenvalue weighted by Gasteiger charge is -2.10. The summed E-state index contributed by atoms with van der Waals surface area (Å²) in [6.07, 6.45) is 0.198. The van der Waals surface area contributed by atoms with E-state index in [0.717, 1.165) is 22.6 Å². The van der Waals surface area contributed by atoms with Crippen molar-refractivity contribution < 1.29 is 24.1 Å². The zero-order valence-corrected chi connectivity index (χ0v) is 15.8. The van der Waals surface area contributed by atoms with Crippen molar-refractivity contribution in [2.45, 2.75) is 13.0 Å². The highest BCUT2D eigenvalue weighted by molar-refractivity contribution is 6.00. The lowest BCUT2D eigenvalue weighted by molar-refractivity contribution is 0.0990. The van der Waals surface area contributed by atoms with Crippen LogP contribution >= 0.6 is 0 Å². The third kappa shape index (κ3) is 4.82. The van der Waals surface area contributed by atoms with Crippen LogP contribution in [-0.4, -0.2) is 25.1 Å². The molecule has 28 heavy (non-hydrogen) atoms. The topological polar surface area (TPSA) is 65.0 Å². The van der Waals surface area contributed by atoms with Crippen molar-refractivity contribution in [1.29, 1.82) is 0 Å². The van der Waals surface area contributed by atoms with Crippen molar-refractivity contribution in [2.24, 2.45) is 0 Å². The second-order valence-electron chi connectivity index (χ2n) is 6.26. The second kappa shape index (κ2) is 8.95. The summed E-state index contributed by atoms with van der Waals surface area (Å²) in [6.45, 7) is 0.350. The Morgan fingerprint density at radius 1 is 0.786 bits per heavy atom. The van der Waals surface area contributed by atoms with Gasteiger partial charge >= 0.3 is 0 Å². The molecule has 3 rings (SSSR count). The maximum absolute atomic E-state index is 12.5. The molecule has 3 aromatic rings. The Morgan fingerprint density at radius 2 is 1.32 bits per heavy atom. The number of hydrogen-bond donors (Lipinski definition) is 1. The number of phenolic OH excluding ortho intramolecular Hbond substituents is 1. The van der Waals surface area contributed by atoms with Gasteiger partial charge in [-0.1, -0.05) is 24.3 Å². The molecule has 0 bridgehead atoms. The van der Waals surface area contributed by atoms with Crippen LogP contribution in [-0.2, 0) is 13.0 Å². The maximum atomic E-state index is 12.5. The summed E-state index contributed by atoms with van der Waals surface area (Å²) < 4.78 is 15.9. The second-order valence-corrected chi connectivity index (χ2v) is 6.26. The maximum Gasteiger partial charge on any atom is 0.170 e. The van der Waals surface area contributed by atoms with E-state index >= 15 is 0 Å². The fourth-order valence-corrected chi connectivity index (χ4v) is 2.75. The molecule has 0 heterocycles. The lowest BCUT2D eigenvalue weighted by Crippen LogP contribution is -2.04. The van der Waals surface area contributed by atoms with Crippen LogP contribution in [0.3, 0.4) is 0 Å². The Morgan fingerprint density at radius 3 is 1.86 bits per heavy atom. The molecule has 0 spiro atoms. The molecule has 144 valence electrons. The zero-order chi connectivity index (χ0) is 19.9. The van der Waals surface area contributed by atoms with Crippen LogP contribution in [0.25, 0.3) is 0 Å². The predicted octanol–water partition coefficient (Wildman–Crippen LogP) is 4.41. The molecule has 0 amide bonds. The number of phenols is 1. The normalized spacial score (nSPS) is 10.4. The molecule has 3 aromatic carbocycles. The molecule has 0 fully saturated rings. The number of rotatable bonds is 8. The van der Waals surface area contributed by atoms with Gasteiger partial charge in [0.2, 0.25) is 0 Å². The molecule has 0 unspecified atom stereocenters. The van der Waals surface area contributed by atoms with Gasteiger partial charge in [0.25, 0.3) is 0 Å². The summed E-state index contributed by atoms with van der Waals surface area (Å²) in [6, 6.07) is 19.5. The van der Waals surface area contributed by atoms with Gasteiger partial charge in [-0.2, -0.15) is 0 Å². The molecular weight excluding hydrogens is 356 g/mol. The van der Waals surface area contributed by atoms with E-state index < -0.39 is 0 Å². The smallest absolute Gasteiger partial charge is 0.170 e. The standard InChI is InChI=1S/C23H22O5/c1-26-18-7-3-16(4-8-18)13-22(24)21-12-11-20(14-23(21)25)28-15-17-5-9-19(27-2)10-6-17/h3-12,14,25H,13,15H2,1-2H3. The van der Waals surface area contributed by atoms with Crippen molar-refractivity contribution >= 4 is 5.78 Å². The molecule has 0 saturated carbocycles. The number of carbonyl (C=O) groups is 1. The Balaban J connectivity index is 1.62. The minimum absolute atomic E-state index is 0.0919. The third-order valence-corrected chi connectivity index (χ3v) is 4.36. The quantitative estimate of drug-likeness (QED) is 0.588. The summed E-state index contributed by atoms with van der Waals surface area (Å²) in [5, 5.41) is 10.3. The van der Waals surface area contributed by atoms with E-state index in [2.05, 4.69) is 0 Å². The molecule has 0 aliphatic carbocycles. The fraction of sp³-hybridized carbons (Fsp3) is 0.174. The SMILES string of the molecule is COc1ccc(COc2ccc(C(=O)Cc3ccc(OC)cc3)c(O)c2)cc1. The van der Waals surface area contributed by atoms with E-state index in [-0.39, 0.29) is 23.5 Å². The number of Topliss-reactive ketones (excluding diaryl/α,β-unsaturated/α-hetero) is 1. The fourth-order valence-electron chi connectivity index (χ4n) is 2.75. The molecule has 0 atom stereocenters. The lowest BCUT2D eigenvalue weighted by atomic mass is 10.0. The van der Waals surface area contributed by atoms with Crippen LogP contribution in [0.5, 0.6) is 23.0 Å². The monoisotopic (exact) mass is 378 g/mol. The van der Waals surface area contributed by atoms with Gasteiger partial charge in [0, 0.05) is 12.5 Å². The van der Waals surface area contributed by atoms with Crippen LogP contribution in [0.4, 0.5) is 0 Å². The molecule has 1 N–H and O–H groups in total. The van der Waals surface area contributed by atoms with Crippen LogP contribution in [0, 0.1) is 0 Å². The van der Waals surface area contributed by atoms with Crippen LogP contribution in [0.2, 0.25) is 0 Å². The Hall–Kier alpha value is -3.47. The van der Waals surface area contributed by atoms with E-state index in [4.69, 9.17) is 14.2 Å². The number of ether oxygens (including phenoxy) is 3. The molecule has 0 aromatic heterocycles. The first-order valence-corrected chi connectivity index (χ1v) is 8.84. The van der Waals surface area contributed by atoms with Crippen LogP contribution in [0.1, 0.15) is 21.5 Å². The number of methoxy groups -OCH3 is 2. The summed E-state index contributed by atoms with van der Waals surface area (Å²) in [5.74, 6) is 1.75. The highest BCUT2D eigenvalue weighted by Gasteiger charge is 2.13. The predicted molar refractivity (Wildman–Crippen MR) is 106 cm³/mol. The molecule has 0 aliphatic heterocycles. The van der Waals surface area contributed by atoms with Crippen LogP contribution in [0.15, 0.2) is 66.7 Å². The van der Waals surface area contributed by atoms with Gasteiger partial charge in [-0.05, 0) is 47.5 Å². The van der Waals surface area contributed by atoms with Gasteiger partial charge in [-0.3, -0.25) is 4.79 Å². The van der Waals surface area contributed by atoms with Gasteiger partial charge in [0.05, 0.1) is 19.8 Å². The first-order chi connectivity index (χ1) is 13.6. The van der Waals surface area contributed by atoms with E-state index in [1.165, 1.54) is 6.07 Å². The number of ketones is 1. The molecular formula is C23H22O5. The van der Waals surface area contributed by atoms with Crippen molar-refractivity contribution in [1.82, 2.24) is 0 Å². The highest BCUT2D eigenvalue weighted by atomic mass is 16.5. The van der Waals surface area contributed by atoms with E-state index in [0.29, 0.717) is 12.4 Å². The summed E-state index contributed by atoms with van der Waals surface area (Å²) in [4.78, 5) is 12.5. The van der Waals surface area contributed by atoms with Crippen molar-refractivity contribution in [3.63, 3.8) is 0 Å². The summed E-state index contributed by atoms with van der Waals surface area (Å²) in [7, 11) is 3.21. The Labute approximate surface area is 164 Å². The van der Waals surface area contributed by atoms with Crippen LogP contribution < -0.4 is 14.2 Å². The highest BCUT2D eigenvalue weighted by Crippen LogP contribution is 2.26. The minimum Gasteiger partial charge on any atom is -0.507 e. The number of benzene rings is 3. The zero-order valence-electron chi connectivity index (χ0n) is 15.8. The summed E-state index contributed by atoms with van der Waals surface area (Å²) in [5.41, 5.74) is 2.09. The molecule has 0 aliphatic rings. The molecule has 0 radical (unpaired) electrons. The van der Waals surface area contributed by atoms with Crippen molar-refractivity contribution in [3.05, 3.63) is 83.4 Å². The Kier molecular flexibility index (Phi) is 6.17. The van der Waals surface area contributed by atoms with Gasteiger partial charge in [-0.15, -0.1) is 0 Å². The van der Waals surface area contributed by atoms with Crippen molar-refractivity contribution in [2.75, 3.05) is 14.2 Å². The largest absolute Gasteiger partial charge is 0.507 e. The average Bonchev–Trinajstić information content (AvgIpc) is 2.73. The van der Waals surface area contributed by atoms with E-state index in [1.807, 2.05) is 36.4 Å². The van der Waals surface area contributed by atoms with Gasteiger partial charge in [0.1, 0.15) is 29.6 Å². The average molecular weight is 378 g/mol. The van der Waals surface area contributed by atoms with Gasteiger partial charge < -0.3 is 19.3 Å². The molecule has 5 nitrogen and oxygen atoms in total. The molecule has 0 saturated heterocycles. The third-order valence-electron chi connectivity index (χ3n) is 4.36. The number of carbonyl (C=O) groups excluding carboxylic acids is 1. The minimum atomic E-state index is -0.163. The molecule has 5 heteroatoms. The van der Waals surface area contributed by atoms with Crippen molar-refractivity contribution in [3.8, 4) is 23.0 Å². The van der Waals surface area contributed by atoms with E-state index in [9.17, 15) is 9.90 Å².